The van der Waals surface area contributed by atoms with Crippen molar-refractivity contribution in [2.24, 2.45) is 0 Å². The van der Waals surface area contributed by atoms with E-state index in [1.165, 1.54) is 23.5 Å². The third-order valence-electron chi connectivity index (χ3n) is 4.96. The second kappa shape index (κ2) is 8.58. The van der Waals surface area contributed by atoms with Gasteiger partial charge in [0.1, 0.15) is 5.52 Å². The molecule has 1 fully saturated rings. The minimum atomic E-state index is -0.111. The molecule has 1 aromatic heterocycles. The van der Waals surface area contributed by atoms with Gasteiger partial charge in [-0.2, -0.15) is 0 Å². The highest BCUT2D eigenvalue weighted by Crippen LogP contribution is 2.43. The number of benzene rings is 3. The summed E-state index contributed by atoms with van der Waals surface area (Å²) < 4.78 is 6.29. The van der Waals surface area contributed by atoms with Crippen molar-refractivity contribution in [3.05, 3.63) is 83.9 Å². The Morgan fingerprint density at radius 1 is 0.933 bits per heavy atom. The Morgan fingerprint density at radius 3 is 2.40 bits per heavy atom. The molecule has 1 saturated heterocycles. The minimum Gasteiger partial charge on any atom is -0.436 e. The number of hydrogen-bond donors (Lipinski definition) is 1. The van der Waals surface area contributed by atoms with E-state index >= 15 is 0 Å². The van der Waals surface area contributed by atoms with Crippen molar-refractivity contribution >= 4 is 46.2 Å². The summed E-state index contributed by atoms with van der Waals surface area (Å²) in [5.41, 5.74) is 5.14. The molecule has 0 saturated carbocycles. The first-order chi connectivity index (χ1) is 14.8. The fraction of sp³-hybridized carbons (Fsp3) is 0.167. The number of thioether (sulfide) groups is 2. The van der Waals surface area contributed by atoms with Crippen LogP contribution in [0.2, 0.25) is 0 Å². The first kappa shape index (κ1) is 19.3. The molecule has 0 bridgehead atoms. The maximum Gasteiger partial charge on any atom is 0.255 e. The van der Waals surface area contributed by atoms with E-state index in [0.717, 1.165) is 22.4 Å². The van der Waals surface area contributed by atoms with Gasteiger partial charge in [0.2, 0.25) is 5.89 Å². The van der Waals surface area contributed by atoms with Crippen LogP contribution < -0.4 is 5.32 Å². The van der Waals surface area contributed by atoms with Crippen molar-refractivity contribution in [2.45, 2.75) is 11.0 Å². The van der Waals surface area contributed by atoms with Crippen LogP contribution in [0.1, 0.15) is 26.9 Å². The van der Waals surface area contributed by atoms with Crippen LogP contribution in [-0.4, -0.2) is 22.4 Å². The maximum atomic E-state index is 12.6. The summed E-state index contributed by atoms with van der Waals surface area (Å²) in [6.07, 6.45) is 1.28. The van der Waals surface area contributed by atoms with E-state index in [2.05, 4.69) is 22.4 Å². The Balaban J connectivity index is 1.26. The number of para-hydroxylation sites is 2. The number of carbonyl (C=O) groups is 1. The standard InChI is InChI=1S/C24H20N2O2S2/c27-22(16-6-8-18(9-7-16)24-29-14-3-15-30-24)25-19-12-10-17(11-13-19)23-26-20-4-1-2-5-21(20)28-23/h1-2,4-13,24H,3,14-15H2,(H,25,27). The minimum absolute atomic E-state index is 0.111. The number of carbonyl (C=O) groups excluding carboxylic acids is 1. The van der Waals surface area contributed by atoms with Gasteiger partial charge in [0.25, 0.3) is 5.91 Å². The number of fused-ring (bicyclic) bond motifs is 1. The van der Waals surface area contributed by atoms with Gasteiger partial charge in [0, 0.05) is 16.8 Å². The molecule has 6 heteroatoms. The highest BCUT2D eigenvalue weighted by molar-refractivity contribution is 8.16. The van der Waals surface area contributed by atoms with Gasteiger partial charge in [0.05, 0.1) is 4.58 Å². The van der Waals surface area contributed by atoms with Crippen LogP contribution in [-0.2, 0) is 0 Å². The van der Waals surface area contributed by atoms with Gasteiger partial charge < -0.3 is 9.73 Å². The van der Waals surface area contributed by atoms with Crippen LogP contribution in [0.15, 0.2) is 77.2 Å². The summed E-state index contributed by atoms with van der Waals surface area (Å²) in [5.74, 6) is 2.88. The second-order valence-corrected chi connectivity index (χ2v) is 9.79. The molecule has 3 aromatic carbocycles. The van der Waals surface area contributed by atoms with Crippen molar-refractivity contribution in [2.75, 3.05) is 16.8 Å². The Hall–Kier alpha value is -2.70. The Labute approximate surface area is 183 Å². The largest absolute Gasteiger partial charge is 0.436 e. The molecule has 0 atom stereocenters. The zero-order valence-corrected chi connectivity index (χ0v) is 17.8. The number of hydrogen-bond acceptors (Lipinski definition) is 5. The molecular weight excluding hydrogens is 412 g/mol. The van der Waals surface area contributed by atoms with E-state index in [1.807, 2.05) is 84.2 Å². The summed E-state index contributed by atoms with van der Waals surface area (Å²) in [6.45, 7) is 0. The molecule has 0 radical (unpaired) electrons. The molecule has 5 rings (SSSR count). The molecule has 0 aliphatic carbocycles. The fourth-order valence-electron chi connectivity index (χ4n) is 3.37. The smallest absolute Gasteiger partial charge is 0.255 e. The fourth-order valence-corrected chi connectivity index (χ4v) is 6.26. The van der Waals surface area contributed by atoms with Gasteiger partial charge >= 0.3 is 0 Å². The lowest BCUT2D eigenvalue weighted by atomic mass is 10.1. The van der Waals surface area contributed by atoms with Crippen LogP contribution in [0, 0.1) is 0 Å². The van der Waals surface area contributed by atoms with E-state index < -0.39 is 0 Å². The summed E-state index contributed by atoms with van der Waals surface area (Å²) in [6, 6.07) is 23.2. The summed E-state index contributed by atoms with van der Waals surface area (Å²) in [5, 5.41) is 2.96. The van der Waals surface area contributed by atoms with Crippen LogP contribution in [0.25, 0.3) is 22.6 Å². The molecule has 150 valence electrons. The first-order valence-corrected chi connectivity index (χ1v) is 12.0. The lowest BCUT2D eigenvalue weighted by Crippen LogP contribution is -2.12. The molecule has 4 aromatic rings. The van der Waals surface area contributed by atoms with Gasteiger partial charge in [-0.15, -0.1) is 23.5 Å². The number of rotatable bonds is 4. The van der Waals surface area contributed by atoms with Gasteiger partial charge in [-0.25, -0.2) is 4.98 Å². The number of oxazole rings is 1. The van der Waals surface area contributed by atoms with E-state index in [9.17, 15) is 4.79 Å². The molecular formula is C24H20N2O2S2. The number of aromatic nitrogens is 1. The van der Waals surface area contributed by atoms with E-state index in [0.29, 0.717) is 16.0 Å². The van der Waals surface area contributed by atoms with Gasteiger partial charge in [-0.05, 0) is 72.0 Å². The SMILES string of the molecule is O=C(Nc1ccc(-c2nc3ccccc3o2)cc1)c1ccc(C2SCCCS2)cc1. The monoisotopic (exact) mass is 432 g/mol. The Bertz CT molecular complexity index is 1130. The van der Waals surface area contributed by atoms with Gasteiger partial charge in [-0.1, -0.05) is 24.3 Å². The van der Waals surface area contributed by atoms with E-state index in [-0.39, 0.29) is 5.91 Å². The molecule has 4 nitrogen and oxygen atoms in total. The van der Waals surface area contributed by atoms with Crippen molar-refractivity contribution in [3.63, 3.8) is 0 Å². The van der Waals surface area contributed by atoms with Crippen molar-refractivity contribution in [1.29, 1.82) is 0 Å². The molecule has 1 amide bonds. The topological polar surface area (TPSA) is 55.1 Å². The van der Waals surface area contributed by atoms with Crippen molar-refractivity contribution < 1.29 is 9.21 Å². The summed E-state index contributed by atoms with van der Waals surface area (Å²) in [7, 11) is 0. The molecule has 1 aliphatic heterocycles. The maximum absolute atomic E-state index is 12.6. The van der Waals surface area contributed by atoms with Crippen LogP contribution in [0.5, 0.6) is 0 Å². The number of nitrogens with one attached hydrogen (secondary N) is 1. The molecule has 0 spiro atoms. The first-order valence-electron chi connectivity index (χ1n) is 9.87. The average molecular weight is 433 g/mol. The number of nitrogens with zero attached hydrogens (tertiary/aromatic N) is 1. The third kappa shape index (κ3) is 4.11. The lowest BCUT2D eigenvalue weighted by molar-refractivity contribution is 0.102. The second-order valence-electron chi connectivity index (χ2n) is 7.07. The van der Waals surface area contributed by atoms with E-state index in [1.54, 1.807) is 0 Å². The summed E-state index contributed by atoms with van der Waals surface area (Å²) >= 11 is 3.97. The quantitative estimate of drug-likeness (QED) is 0.393. The highest BCUT2D eigenvalue weighted by Gasteiger charge is 2.17. The van der Waals surface area contributed by atoms with Crippen LogP contribution >= 0.6 is 23.5 Å². The van der Waals surface area contributed by atoms with Gasteiger partial charge in [0.15, 0.2) is 5.58 Å². The zero-order valence-electron chi connectivity index (χ0n) is 16.2. The molecule has 0 unspecified atom stereocenters. The van der Waals surface area contributed by atoms with E-state index in [4.69, 9.17) is 4.42 Å². The summed E-state index contributed by atoms with van der Waals surface area (Å²) in [4.78, 5) is 17.1. The zero-order chi connectivity index (χ0) is 20.3. The normalized spacial score (nSPS) is 14.7. The lowest BCUT2D eigenvalue weighted by Gasteiger charge is -2.21. The molecule has 30 heavy (non-hydrogen) atoms. The third-order valence-corrected chi connectivity index (χ3v) is 7.97. The number of amides is 1. The highest BCUT2D eigenvalue weighted by atomic mass is 32.2. The average Bonchev–Trinajstić information content (AvgIpc) is 3.25. The molecule has 1 aliphatic rings. The van der Waals surface area contributed by atoms with Gasteiger partial charge in [-0.3, -0.25) is 4.79 Å². The predicted molar refractivity (Wildman–Crippen MR) is 126 cm³/mol. The predicted octanol–water partition coefficient (Wildman–Crippen LogP) is 6.62. The number of anilines is 1. The van der Waals surface area contributed by atoms with Crippen molar-refractivity contribution in [1.82, 2.24) is 4.98 Å². The van der Waals surface area contributed by atoms with Crippen LogP contribution in [0.4, 0.5) is 5.69 Å². The Kier molecular flexibility index (Phi) is 5.51. The molecule has 1 N–H and O–H groups in total. The molecule has 2 heterocycles. The van der Waals surface area contributed by atoms with Crippen LogP contribution in [0.3, 0.4) is 0 Å². The van der Waals surface area contributed by atoms with Crippen molar-refractivity contribution in [3.8, 4) is 11.5 Å². The Morgan fingerprint density at radius 2 is 1.67 bits per heavy atom.